The van der Waals surface area contributed by atoms with Crippen LogP contribution in [0.25, 0.3) is 0 Å². The summed E-state index contributed by atoms with van der Waals surface area (Å²) in [4.78, 5) is 0. The summed E-state index contributed by atoms with van der Waals surface area (Å²) in [6.45, 7) is 8.51. The Morgan fingerprint density at radius 3 is 1.44 bits per heavy atom. The van der Waals surface area contributed by atoms with Gasteiger partial charge in [0.25, 0.3) is 0 Å². The Balaban J connectivity index is 0.000000306. The number of aryl methyl sites for hydroxylation is 4. The zero-order valence-corrected chi connectivity index (χ0v) is 11.3. The molecule has 0 atom stereocenters. The normalized spacial score (nSPS) is 8.89. The molecule has 0 radical (unpaired) electrons. The van der Waals surface area contributed by atoms with Gasteiger partial charge >= 0.3 is 0 Å². The molecule has 0 spiro atoms. The van der Waals surface area contributed by atoms with E-state index in [9.17, 15) is 0 Å². The van der Waals surface area contributed by atoms with Gasteiger partial charge < -0.3 is 0 Å². The average Bonchev–Trinajstić information content (AvgIpc) is 2.29. The quantitative estimate of drug-likeness (QED) is 0.619. The van der Waals surface area contributed by atoms with Gasteiger partial charge in [0.05, 0.1) is 0 Å². The summed E-state index contributed by atoms with van der Waals surface area (Å²) >= 11 is 0. The highest BCUT2D eigenvalue weighted by atomic mass is 13.9. The van der Waals surface area contributed by atoms with E-state index in [1.54, 1.807) is 0 Å². The van der Waals surface area contributed by atoms with Crippen LogP contribution >= 0.6 is 0 Å². The van der Waals surface area contributed by atoms with Crippen molar-refractivity contribution >= 4 is 0 Å². The minimum absolute atomic E-state index is 0. The summed E-state index contributed by atoms with van der Waals surface area (Å²) in [5.41, 5.74) is 5.46. The first-order valence-corrected chi connectivity index (χ1v) is 6.20. The van der Waals surface area contributed by atoms with Crippen LogP contribution in [0, 0.1) is 20.8 Å². The Labute approximate surface area is 113 Å². The van der Waals surface area contributed by atoms with Crippen molar-refractivity contribution in [3.05, 3.63) is 70.8 Å². The summed E-state index contributed by atoms with van der Waals surface area (Å²) in [5, 5.41) is 0. The number of hydrogen-bond acceptors (Lipinski definition) is 0. The van der Waals surface area contributed by atoms with Crippen LogP contribution in [-0.2, 0) is 6.42 Å². The highest BCUT2D eigenvalue weighted by Gasteiger charge is 1.85. The molecule has 0 bridgehead atoms. The average molecular weight is 242 g/mol. The van der Waals surface area contributed by atoms with Crippen molar-refractivity contribution in [2.75, 3.05) is 0 Å². The van der Waals surface area contributed by atoms with Gasteiger partial charge in [0, 0.05) is 0 Å². The monoisotopic (exact) mass is 242 g/mol. The molecule has 2 rings (SSSR count). The molecular weight excluding hydrogens is 216 g/mol. The number of rotatable bonds is 1. The Morgan fingerprint density at radius 2 is 1.17 bits per heavy atom. The second-order valence-electron chi connectivity index (χ2n) is 4.50. The molecule has 0 aromatic heterocycles. The summed E-state index contributed by atoms with van der Waals surface area (Å²) in [6.07, 6.45) is 1.14. The lowest BCUT2D eigenvalue weighted by Gasteiger charge is -1.95. The second-order valence-corrected chi connectivity index (χ2v) is 4.50. The van der Waals surface area contributed by atoms with Crippen LogP contribution in [0.3, 0.4) is 0 Å². The van der Waals surface area contributed by atoms with E-state index >= 15 is 0 Å². The van der Waals surface area contributed by atoms with Gasteiger partial charge in [0.2, 0.25) is 0 Å². The predicted molar refractivity (Wildman–Crippen MR) is 83.2 cm³/mol. The van der Waals surface area contributed by atoms with Crippen molar-refractivity contribution in [1.29, 1.82) is 0 Å². The maximum atomic E-state index is 2.22. The van der Waals surface area contributed by atoms with Gasteiger partial charge in [-0.1, -0.05) is 79.6 Å². The van der Waals surface area contributed by atoms with Crippen molar-refractivity contribution in [3.8, 4) is 0 Å². The number of hydrogen-bond donors (Lipinski definition) is 0. The van der Waals surface area contributed by atoms with E-state index in [1.165, 1.54) is 22.3 Å². The fourth-order valence-corrected chi connectivity index (χ4v) is 1.74. The Kier molecular flexibility index (Phi) is 7.78. The third kappa shape index (κ3) is 6.24. The molecule has 0 unspecified atom stereocenters. The van der Waals surface area contributed by atoms with E-state index in [-0.39, 0.29) is 7.43 Å². The lowest BCUT2D eigenvalue weighted by molar-refractivity contribution is 1.13. The molecule has 0 amide bonds. The second kappa shape index (κ2) is 8.52. The maximum Gasteiger partial charge on any atom is -0.0307 e. The van der Waals surface area contributed by atoms with E-state index in [2.05, 4.69) is 76.2 Å². The smallest absolute Gasteiger partial charge is 0.0307 e. The molecule has 0 saturated heterocycles. The third-order valence-electron chi connectivity index (χ3n) is 2.66. The molecule has 0 heteroatoms. The van der Waals surface area contributed by atoms with Gasteiger partial charge in [-0.05, 0) is 32.8 Å². The van der Waals surface area contributed by atoms with Crippen LogP contribution in [0.4, 0.5) is 0 Å². The molecule has 0 nitrogen and oxygen atoms in total. The van der Waals surface area contributed by atoms with E-state index in [0.29, 0.717) is 0 Å². The van der Waals surface area contributed by atoms with Crippen molar-refractivity contribution in [2.45, 2.75) is 41.5 Å². The molecule has 0 N–H and O–H groups in total. The van der Waals surface area contributed by atoms with E-state index in [4.69, 9.17) is 0 Å². The topological polar surface area (TPSA) is 0 Å². The zero-order valence-electron chi connectivity index (χ0n) is 11.3. The van der Waals surface area contributed by atoms with Crippen molar-refractivity contribution in [1.82, 2.24) is 0 Å². The Bertz CT molecular complexity index is 438. The molecule has 0 aliphatic rings. The van der Waals surface area contributed by atoms with Crippen LogP contribution in [-0.4, -0.2) is 0 Å². The van der Waals surface area contributed by atoms with Crippen LogP contribution in [0.5, 0.6) is 0 Å². The molecule has 0 aliphatic heterocycles. The molecule has 18 heavy (non-hydrogen) atoms. The molecule has 98 valence electrons. The first-order valence-electron chi connectivity index (χ1n) is 6.20. The van der Waals surface area contributed by atoms with Crippen LogP contribution in [0.15, 0.2) is 48.5 Å². The lowest BCUT2D eigenvalue weighted by atomic mass is 10.1. The van der Waals surface area contributed by atoms with Gasteiger partial charge in [-0.2, -0.15) is 0 Å². The van der Waals surface area contributed by atoms with Crippen LogP contribution < -0.4 is 0 Å². The molecule has 0 saturated carbocycles. The highest BCUT2D eigenvalue weighted by Crippen LogP contribution is 2.03. The molecular formula is C18H26. The van der Waals surface area contributed by atoms with E-state index < -0.39 is 0 Å². The molecule has 0 aliphatic carbocycles. The maximum absolute atomic E-state index is 2.22. The fourth-order valence-electron chi connectivity index (χ4n) is 1.74. The zero-order chi connectivity index (χ0) is 12.7. The van der Waals surface area contributed by atoms with Crippen molar-refractivity contribution in [2.24, 2.45) is 0 Å². The summed E-state index contributed by atoms with van der Waals surface area (Å²) in [5.74, 6) is 0. The van der Waals surface area contributed by atoms with Crippen LogP contribution in [0.1, 0.15) is 36.6 Å². The van der Waals surface area contributed by atoms with E-state index in [0.717, 1.165) is 6.42 Å². The summed E-state index contributed by atoms with van der Waals surface area (Å²) in [6, 6.07) is 17.1. The lowest BCUT2D eigenvalue weighted by Crippen LogP contribution is -1.78. The van der Waals surface area contributed by atoms with Gasteiger partial charge in [-0.3, -0.25) is 0 Å². The highest BCUT2D eigenvalue weighted by molar-refractivity contribution is 5.22. The fraction of sp³-hybridized carbons (Fsp3) is 0.333. The minimum Gasteiger partial charge on any atom is -0.0776 e. The van der Waals surface area contributed by atoms with Crippen molar-refractivity contribution in [3.63, 3.8) is 0 Å². The molecule has 2 aromatic carbocycles. The van der Waals surface area contributed by atoms with Crippen LogP contribution in [0.2, 0.25) is 0 Å². The minimum atomic E-state index is 0. The van der Waals surface area contributed by atoms with Gasteiger partial charge in [-0.25, -0.2) is 0 Å². The van der Waals surface area contributed by atoms with Crippen molar-refractivity contribution < 1.29 is 0 Å². The molecule has 0 fully saturated rings. The van der Waals surface area contributed by atoms with Gasteiger partial charge in [0.15, 0.2) is 0 Å². The predicted octanol–water partition coefficient (Wildman–Crippen LogP) is 5.50. The largest absolute Gasteiger partial charge is 0.0776 e. The summed E-state index contributed by atoms with van der Waals surface area (Å²) in [7, 11) is 0. The molecule has 0 heterocycles. The first kappa shape index (κ1) is 16.4. The Morgan fingerprint density at radius 1 is 0.722 bits per heavy atom. The van der Waals surface area contributed by atoms with Gasteiger partial charge in [0.1, 0.15) is 0 Å². The first-order chi connectivity index (χ1) is 8.11. The summed E-state index contributed by atoms with van der Waals surface area (Å²) < 4.78 is 0. The standard InChI is InChI=1S/C9H12.C8H10.CH4/c1-3-9-6-4-5-8(2)7-9;1-7-4-3-5-8(2)6-7;/h4-7H,3H2,1-2H3;3-6H,1-2H3;1H4. The Hall–Kier alpha value is -1.56. The molecule has 2 aromatic rings. The van der Waals surface area contributed by atoms with Gasteiger partial charge in [-0.15, -0.1) is 0 Å². The third-order valence-corrected chi connectivity index (χ3v) is 2.66. The SMILES string of the molecule is C.CCc1cccc(C)c1.Cc1cccc(C)c1. The van der Waals surface area contributed by atoms with E-state index in [1.807, 2.05) is 0 Å². The number of benzene rings is 2.